The number of amides is 1. The summed E-state index contributed by atoms with van der Waals surface area (Å²) in [6.45, 7) is 0. The fourth-order valence-corrected chi connectivity index (χ4v) is 1.13. The summed E-state index contributed by atoms with van der Waals surface area (Å²) in [7, 11) is 1.41. The van der Waals surface area contributed by atoms with Crippen molar-refractivity contribution in [3.63, 3.8) is 0 Å². The number of nitrogens with one attached hydrogen (secondary N) is 1. The molecule has 5 nitrogen and oxygen atoms in total. The smallest absolute Gasteiger partial charge is 0.377 e. The molecule has 1 rings (SSSR count). The van der Waals surface area contributed by atoms with Gasteiger partial charge in [-0.1, -0.05) is 12.1 Å². The van der Waals surface area contributed by atoms with E-state index in [1.165, 1.54) is 25.2 Å². The number of carbonyl (C=O) groups is 3. The van der Waals surface area contributed by atoms with Crippen molar-refractivity contribution in [3.8, 4) is 0 Å². The maximum atomic E-state index is 11.3. The van der Waals surface area contributed by atoms with E-state index >= 15 is 0 Å². The highest BCUT2D eigenvalue weighted by Gasteiger charge is 2.20. The maximum Gasteiger partial charge on any atom is 0.377 e. The number of carboxylic acids is 1. The van der Waals surface area contributed by atoms with E-state index in [2.05, 4.69) is 5.32 Å². The number of benzene rings is 1. The van der Waals surface area contributed by atoms with Gasteiger partial charge in [0.05, 0.1) is 5.56 Å². The van der Waals surface area contributed by atoms with Gasteiger partial charge in [-0.15, -0.1) is 0 Å². The van der Waals surface area contributed by atoms with Crippen molar-refractivity contribution < 1.29 is 19.5 Å². The Balaban J connectivity index is 3.23. The number of rotatable bonds is 3. The van der Waals surface area contributed by atoms with Gasteiger partial charge >= 0.3 is 5.97 Å². The number of Topliss-reactive ketones (excluding diaryl/α,β-unsaturated/α-hetero) is 1. The van der Waals surface area contributed by atoms with Crippen LogP contribution >= 0.6 is 0 Å². The summed E-state index contributed by atoms with van der Waals surface area (Å²) in [6.07, 6.45) is 0. The fourth-order valence-electron chi connectivity index (χ4n) is 1.13. The van der Waals surface area contributed by atoms with Gasteiger partial charge in [0.15, 0.2) is 0 Å². The second kappa shape index (κ2) is 4.36. The zero-order valence-corrected chi connectivity index (χ0v) is 7.98. The Labute approximate surface area is 85.7 Å². The van der Waals surface area contributed by atoms with E-state index in [9.17, 15) is 14.4 Å². The molecule has 2 N–H and O–H groups in total. The molecule has 0 aliphatic heterocycles. The minimum Gasteiger partial charge on any atom is -0.475 e. The fraction of sp³-hybridized carbons (Fsp3) is 0.100. The van der Waals surface area contributed by atoms with Crippen molar-refractivity contribution in [1.29, 1.82) is 0 Å². The number of ketones is 1. The first-order chi connectivity index (χ1) is 7.07. The molecular formula is C10H9NO4. The van der Waals surface area contributed by atoms with Crippen LogP contribution in [0.25, 0.3) is 0 Å². The predicted molar refractivity (Wildman–Crippen MR) is 51.8 cm³/mol. The van der Waals surface area contributed by atoms with E-state index in [1.807, 2.05) is 0 Å². The number of carboxylic acid groups (broad SMARTS) is 1. The SMILES string of the molecule is CNC(=O)c1ccccc1C(=O)C(=O)O. The second-order valence-electron chi connectivity index (χ2n) is 2.76. The molecule has 0 radical (unpaired) electrons. The van der Waals surface area contributed by atoms with Crippen LogP contribution in [-0.4, -0.2) is 29.8 Å². The molecule has 0 heterocycles. The Morgan fingerprint density at radius 1 is 1.13 bits per heavy atom. The van der Waals surface area contributed by atoms with E-state index < -0.39 is 17.7 Å². The van der Waals surface area contributed by atoms with Crippen molar-refractivity contribution in [1.82, 2.24) is 5.32 Å². The van der Waals surface area contributed by atoms with Crippen LogP contribution in [0, 0.1) is 0 Å². The molecule has 0 aliphatic carbocycles. The molecule has 0 saturated heterocycles. The molecule has 0 fully saturated rings. The van der Waals surface area contributed by atoms with Gasteiger partial charge in [-0.2, -0.15) is 0 Å². The first-order valence-electron chi connectivity index (χ1n) is 4.16. The van der Waals surface area contributed by atoms with Crippen LogP contribution in [0.15, 0.2) is 24.3 Å². The minimum atomic E-state index is -1.58. The lowest BCUT2D eigenvalue weighted by atomic mass is 10.0. The summed E-state index contributed by atoms with van der Waals surface area (Å²) in [6, 6.07) is 5.77. The maximum absolute atomic E-state index is 11.3. The molecule has 0 saturated carbocycles. The summed E-state index contributed by atoms with van der Waals surface area (Å²) < 4.78 is 0. The molecule has 0 atom stereocenters. The highest BCUT2D eigenvalue weighted by atomic mass is 16.4. The van der Waals surface area contributed by atoms with Crippen LogP contribution in [-0.2, 0) is 4.79 Å². The van der Waals surface area contributed by atoms with Crippen molar-refractivity contribution in [2.24, 2.45) is 0 Å². The summed E-state index contributed by atoms with van der Waals surface area (Å²) in [4.78, 5) is 33.0. The first-order valence-corrected chi connectivity index (χ1v) is 4.16. The Bertz CT molecular complexity index is 425. The molecule has 0 aromatic heterocycles. The van der Waals surface area contributed by atoms with Crippen molar-refractivity contribution >= 4 is 17.7 Å². The third-order valence-corrected chi connectivity index (χ3v) is 1.84. The van der Waals surface area contributed by atoms with Gasteiger partial charge in [-0.3, -0.25) is 9.59 Å². The van der Waals surface area contributed by atoms with Crippen molar-refractivity contribution in [2.45, 2.75) is 0 Å². The van der Waals surface area contributed by atoms with Crippen LogP contribution in [0.1, 0.15) is 20.7 Å². The normalized spacial score (nSPS) is 9.40. The van der Waals surface area contributed by atoms with Gasteiger partial charge < -0.3 is 10.4 Å². The van der Waals surface area contributed by atoms with Gasteiger partial charge in [0.1, 0.15) is 0 Å². The Morgan fingerprint density at radius 3 is 2.13 bits per heavy atom. The summed E-state index contributed by atoms with van der Waals surface area (Å²) in [5.74, 6) is -3.15. The van der Waals surface area contributed by atoms with Crippen LogP contribution in [0.5, 0.6) is 0 Å². The molecule has 15 heavy (non-hydrogen) atoms. The minimum absolute atomic E-state index is 0.0624. The van der Waals surface area contributed by atoms with E-state index in [-0.39, 0.29) is 11.1 Å². The highest BCUT2D eigenvalue weighted by Crippen LogP contribution is 2.09. The Morgan fingerprint density at radius 2 is 1.67 bits per heavy atom. The molecule has 78 valence electrons. The molecule has 5 heteroatoms. The van der Waals surface area contributed by atoms with E-state index in [0.717, 1.165) is 0 Å². The average molecular weight is 207 g/mol. The van der Waals surface area contributed by atoms with Gasteiger partial charge in [0, 0.05) is 12.6 Å². The quantitative estimate of drug-likeness (QED) is 0.552. The second-order valence-corrected chi connectivity index (χ2v) is 2.76. The molecule has 1 aromatic carbocycles. The first kappa shape index (κ1) is 10.9. The van der Waals surface area contributed by atoms with Gasteiger partial charge in [-0.25, -0.2) is 4.79 Å². The van der Waals surface area contributed by atoms with E-state index in [0.29, 0.717) is 0 Å². The molecule has 1 aromatic rings. The monoisotopic (exact) mass is 207 g/mol. The van der Waals surface area contributed by atoms with Crippen LogP contribution in [0.4, 0.5) is 0 Å². The number of hydrogen-bond donors (Lipinski definition) is 2. The lowest BCUT2D eigenvalue weighted by Crippen LogP contribution is -2.23. The highest BCUT2D eigenvalue weighted by molar-refractivity contribution is 6.41. The Hall–Kier alpha value is -2.17. The van der Waals surface area contributed by atoms with Crippen molar-refractivity contribution in [2.75, 3.05) is 7.05 Å². The van der Waals surface area contributed by atoms with Crippen molar-refractivity contribution in [3.05, 3.63) is 35.4 Å². The average Bonchev–Trinajstić information content (AvgIpc) is 2.27. The third kappa shape index (κ3) is 2.19. The Kier molecular flexibility index (Phi) is 3.17. The zero-order chi connectivity index (χ0) is 11.4. The summed E-state index contributed by atoms with van der Waals surface area (Å²) in [5.41, 5.74) is -0.0447. The number of hydrogen-bond acceptors (Lipinski definition) is 3. The van der Waals surface area contributed by atoms with Crippen LogP contribution in [0.2, 0.25) is 0 Å². The predicted octanol–water partition coefficient (Wildman–Crippen LogP) is 0.314. The summed E-state index contributed by atoms with van der Waals surface area (Å²) in [5, 5.41) is 10.9. The zero-order valence-electron chi connectivity index (χ0n) is 7.98. The molecule has 0 aliphatic rings. The number of carbonyl (C=O) groups excluding carboxylic acids is 2. The standard InChI is InChI=1S/C10H9NO4/c1-11-9(13)7-5-3-2-4-6(7)8(12)10(14)15/h2-5H,1H3,(H,11,13)(H,14,15). The number of aliphatic carboxylic acids is 1. The summed E-state index contributed by atoms with van der Waals surface area (Å²) >= 11 is 0. The molecule has 0 unspecified atom stereocenters. The largest absolute Gasteiger partial charge is 0.475 e. The molecule has 0 bridgehead atoms. The van der Waals surface area contributed by atoms with E-state index in [1.54, 1.807) is 6.07 Å². The van der Waals surface area contributed by atoms with Gasteiger partial charge in [-0.05, 0) is 12.1 Å². The topological polar surface area (TPSA) is 83.5 Å². The van der Waals surface area contributed by atoms with Gasteiger partial charge in [0.25, 0.3) is 11.7 Å². The lowest BCUT2D eigenvalue weighted by Gasteiger charge is -2.04. The lowest BCUT2D eigenvalue weighted by molar-refractivity contribution is -0.131. The molecule has 1 amide bonds. The molecule has 0 spiro atoms. The van der Waals surface area contributed by atoms with Crippen LogP contribution < -0.4 is 5.32 Å². The van der Waals surface area contributed by atoms with Gasteiger partial charge in [0.2, 0.25) is 0 Å². The third-order valence-electron chi connectivity index (χ3n) is 1.84. The molecular weight excluding hydrogens is 198 g/mol. The van der Waals surface area contributed by atoms with Crippen LogP contribution in [0.3, 0.4) is 0 Å². The van der Waals surface area contributed by atoms with E-state index in [4.69, 9.17) is 5.11 Å².